The summed E-state index contributed by atoms with van der Waals surface area (Å²) in [5, 5.41) is 0. The summed E-state index contributed by atoms with van der Waals surface area (Å²) in [7, 11) is 1.79. The van der Waals surface area contributed by atoms with E-state index in [2.05, 4.69) is 39.5 Å². The number of methoxy groups -OCH3 is 1. The zero-order valence-electron chi connectivity index (χ0n) is 15.2. The Hall–Kier alpha value is -0.120. The van der Waals surface area contributed by atoms with Gasteiger partial charge >= 0.3 is 0 Å². The summed E-state index contributed by atoms with van der Waals surface area (Å²) in [5.74, 6) is 0.846. The first kappa shape index (κ1) is 18.9. The van der Waals surface area contributed by atoms with Gasteiger partial charge in [0.15, 0.2) is 0 Å². The molecule has 3 heteroatoms. The largest absolute Gasteiger partial charge is 0.383 e. The van der Waals surface area contributed by atoms with Crippen LogP contribution in [0, 0.1) is 11.3 Å². The van der Waals surface area contributed by atoms with E-state index in [1.807, 2.05) is 0 Å². The van der Waals surface area contributed by atoms with Gasteiger partial charge in [-0.1, -0.05) is 27.2 Å². The fraction of sp³-hybridized carbons (Fsp3) is 1.00. The van der Waals surface area contributed by atoms with Gasteiger partial charge in [0.2, 0.25) is 0 Å². The van der Waals surface area contributed by atoms with Crippen LogP contribution in [0.25, 0.3) is 0 Å². The van der Waals surface area contributed by atoms with E-state index in [1.165, 1.54) is 32.1 Å². The second kappa shape index (κ2) is 7.94. The van der Waals surface area contributed by atoms with Crippen LogP contribution in [0.4, 0.5) is 0 Å². The topological polar surface area (TPSA) is 38.5 Å². The van der Waals surface area contributed by atoms with Crippen LogP contribution in [0.5, 0.6) is 0 Å². The fourth-order valence-corrected chi connectivity index (χ4v) is 4.07. The molecule has 0 amide bonds. The summed E-state index contributed by atoms with van der Waals surface area (Å²) in [4.78, 5) is 2.60. The highest BCUT2D eigenvalue weighted by molar-refractivity contribution is 4.99. The van der Waals surface area contributed by atoms with E-state index in [0.717, 1.165) is 25.6 Å². The fourth-order valence-electron chi connectivity index (χ4n) is 4.07. The molecule has 0 saturated heterocycles. The molecular weight excluding hydrogens is 260 g/mol. The highest BCUT2D eigenvalue weighted by Gasteiger charge is 2.42. The quantitative estimate of drug-likeness (QED) is 0.743. The smallest absolute Gasteiger partial charge is 0.0590 e. The molecule has 1 saturated carbocycles. The minimum atomic E-state index is 0.188. The van der Waals surface area contributed by atoms with E-state index < -0.39 is 0 Å². The molecule has 0 bridgehead atoms. The molecular formula is C18H38N2O. The minimum Gasteiger partial charge on any atom is -0.383 e. The van der Waals surface area contributed by atoms with Crippen molar-refractivity contribution in [1.82, 2.24) is 4.90 Å². The van der Waals surface area contributed by atoms with E-state index >= 15 is 0 Å². The highest BCUT2D eigenvalue weighted by Crippen LogP contribution is 2.45. The molecule has 0 unspecified atom stereocenters. The van der Waals surface area contributed by atoms with Crippen LogP contribution < -0.4 is 5.73 Å². The van der Waals surface area contributed by atoms with E-state index in [9.17, 15) is 0 Å². The predicted molar refractivity (Wildman–Crippen MR) is 91.5 cm³/mol. The van der Waals surface area contributed by atoms with Crippen molar-refractivity contribution in [2.45, 2.75) is 78.3 Å². The summed E-state index contributed by atoms with van der Waals surface area (Å²) in [5.41, 5.74) is 6.91. The van der Waals surface area contributed by atoms with Gasteiger partial charge < -0.3 is 10.5 Å². The standard InChI is InChI=1S/C18H38N2O/c1-7-17(4,5)16-8-10-18(14-19,11-9-16)20(15(2)3)12-13-21-6/h15-16H,7-14,19H2,1-6H3. The Morgan fingerprint density at radius 2 is 1.86 bits per heavy atom. The van der Waals surface area contributed by atoms with Crippen LogP contribution in [0.2, 0.25) is 0 Å². The molecule has 0 aromatic rings. The van der Waals surface area contributed by atoms with Gasteiger partial charge in [0.05, 0.1) is 6.61 Å². The predicted octanol–water partition coefficient (Wildman–Crippen LogP) is 3.67. The van der Waals surface area contributed by atoms with Crippen LogP contribution in [0.15, 0.2) is 0 Å². The van der Waals surface area contributed by atoms with Gasteiger partial charge in [-0.15, -0.1) is 0 Å². The molecule has 126 valence electrons. The van der Waals surface area contributed by atoms with E-state index in [1.54, 1.807) is 7.11 Å². The first-order valence-electron chi connectivity index (χ1n) is 8.78. The molecule has 0 heterocycles. The summed E-state index contributed by atoms with van der Waals surface area (Å²) in [6.45, 7) is 14.3. The molecule has 0 aromatic heterocycles. The van der Waals surface area contributed by atoms with Gasteiger partial charge in [-0.3, -0.25) is 4.90 Å². The molecule has 0 aliphatic heterocycles. The molecule has 0 aromatic carbocycles. The Bertz CT molecular complexity index is 294. The van der Waals surface area contributed by atoms with Crippen LogP contribution in [-0.2, 0) is 4.74 Å². The van der Waals surface area contributed by atoms with Crippen molar-refractivity contribution in [1.29, 1.82) is 0 Å². The Balaban J connectivity index is 2.78. The average molecular weight is 299 g/mol. The maximum absolute atomic E-state index is 6.25. The summed E-state index contributed by atoms with van der Waals surface area (Å²) in [6.07, 6.45) is 6.37. The number of nitrogens with zero attached hydrogens (tertiary/aromatic N) is 1. The number of hydrogen-bond acceptors (Lipinski definition) is 3. The summed E-state index contributed by atoms with van der Waals surface area (Å²) in [6, 6.07) is 0.527. The first-order chi connectivity index (χ1) is 9.83. The summed E-state index contributed by atoms with van der Waals surface area (Å²) >= 11 is 0. The lowest BCUT2D eigenvalue weighted by atomic mass is 9.65. The van der Waals surface area contributed by atoms with Crippen LogP contribution in [-0.4, -0.2) is 43.3 Å². The molecule has 0 atom stereocenters. The van der Waals surface area contributed by atoms with Crippen molar-refractivity contribution in [3.8, 4) is 0 Å². The Labute approximate surface area is 132 Å². The lowest BCUT2D eigenvalue weighted by Crippen LogP contribution is -2.59. The lowest BCUT2D eigenvalue weighted by Gasteiger charge is -2.51. The Kier molecular flexibility index (Phi) is 7.15. The monoisotopic (exact) mass is 298 g/mol. The van der Waals surface area contributed by atoms with Crippen molar-refractivity contribution >= 4 is 0 Å². The normalized spacial score (nSPS) is 27.6. The second-order valence-corrected chi connectivity index (χ2v) is 7.82. The third-order valence-corrected chi connectivity index (χ3v) is 6.08. The molecule has 1 aliphatic carbocycles. The second-order valence-electron chi connectivity index (χ2n) is 7.82. The van der Waals surface area contributed by atoms with Crippen molar-refractivity contribution in [3.63, 3.8) is 0 Å². The average Bonchev–Trinajstić information content (AvgIpc) is 2.47. The molecule has 1 fully saturated rings. The molecule has 0 spiro atoms. The molecule has 3 nitrogen and oxygen atoms in total. The third kappa shape index (κ3) is 4.43. The van der Waals surface area contributed by atoms with Gasteiger partial charge in [0.1, 0.15) is 0 Å². The third-order valence-electron chi connectivity index (χ3n) is 6.08. The number of hydrogen-bond donors (Lipinski definition) is 1. The van der Waals surface area contributed by atoms with Crippen LogP contribution in [0.3, 0.4) is 0 Å². The molecule has 0 radical (unpaired) electrons. The van der Waals surface area contributed by atoms with Crippen molar-refractivity contribution in [2.24, 2.45) is 17.1 Å². The highest BCUT2D eigenvalue weighted by atomic mass is 16.5. The molecule has 21 heavy (non-hydrogen) atoms. The maximum atomic E-state index is 6.25. The van der Waals surface area contributed by atoms with Gasteiger partial charge in [-0.25, -0.2) is 0 Å². The van der Waals surface area contributed by atoms with Crippen molar-refractivity contribution < 1.29 is 4.74 Å². The van der Waals surface area contributed by atoms with E-state index in [4.69, 9.17) is 10.5 Å². The van der Waals surface area contributed by atoms with Gasteiger partial charge in [-0.05, 0) is 50.9 Å². The van der Waals surface area contributed by atoms with Gasteiger partial charge in [-0.2, -0.15) is 0 Å². The van der Waals surface area contributed by atoms with E-state index in [0.29, 0.717) is 11.5 Å². The first-order valence-corrected chi connectivity index (χ1v) is 8.78. The summed E-state index contributed by atoms with van der Waals surface area (Å²) < 4.78 is 5.31. The van der Waals surface area contributed by atoms with Gasteiger partial charge in [0, 0.05) is 31.8 Å². The maximum Gasteiger partial charge on any atom is 0.0590 e. The molecule has 2 N–H and O–H groups in total. The zero-order valence-corrected chi connectivity index (χ0v) is 15.2. The van der Waals surface area contributed by atoms with Crippen molar-refractivity contribution in [2.75, 3.05) is 26.8 Å². The number of ether oxygens (including phenoxy) is 1. The number of nitrogens with two attached hydrogens (primary N) is 1. The Morgan fingerprint density at radius 3 is 2.24 bits per heavy atom. The zero-order chi connectivity index (χ0) is 16.1. The molecule has 1 rings (SSSR count). The van der Waals surface area contributed by atoms with Gasteiger partial charge in [0.25, 0.3) is 0 Å². The number of rotatable bonds is 8. The lowest BCUT2D eigenvalue weighted by molar-refractivity contribution is -0.0148. The Morgan fingerprint density at radius 1 is 1.29 bits per heavy atom. The molecule has 1 aliphatic rings. The van der Waals surface area contributed by atoms with Crippen LogP contribution >= 0.6 is 0 Å². The minimum absolute atomic E-state index is 0.188. The van der Waals surface area contributed by atoms with E-state index in [-0.39, 0.29) is 5.54 Å². The SMILES string of the molecule is CCC(C)(C)C1CCC(CN)(N(CCOC)C(C)C)CC1. The van der Waals surface area contributed by atoms with Crippen LogP contribution in [0.1, 0.15) is 66.7 Å². The van der Waals surface area contributed by atoms with Crippen molar-refractivity contribution in [3.05, 3.63) is 0 Å².